The van der Waals surface area contributed by atoms with Crippen LogP contribution in [0.4, 0.5) is 0 Å². The molecule has 4 aliphatic rings. The van der Waals surface area contributed by atoms with Gasteiger partial charge in [0, 0.05) is 12.0 Å². The fraction of sp³-hybridized carbons (Fsp3) is 0.786. The summed E-state index contributed by atoms with van der Waals surface area (Å²) in [5, 5.41) is 22.8. The summed E-state index contributed by atoms with van der Waals surface area (Å²) >= 11 is 0. The molecule has 1 aromatic rings. The quantitative estimate of drug-likeness (QED) is 0.591. The molecule has 5 heteroatoms. The van der Waals surface area contributed by atoms with E-state index in [1.54, 1.807) is 0 Å². The lowest BCUT2D eigenvalue weighted by Crippen LogP contribution is -2.50. The van der Waals surface area contributed by atoms with Crippen molar-refractivity contribution in [2.45, 2.75) is 85.1 Å². The summed E-state index contributed by atoms with van der Waals surface area (Å²) in [5.74, 6) is 5.94. The van der Waals surface area contributed by atoms with Crippen LogP contribution >= 0.6 is 0 Å². The predicted molar refractivity (Wildman–Crippen MR) is 126 cm³/mol. The molecule has 0 aliphatic heterocycles. The molecule has 176 valence electrons. The second-order valence-corrected chi connectivity index (χ2v) is 12.0. The third-order valence-electron chi connectivity index (χ3n) is 10.6. The van der Waals surface area contributed by atoms with Gasteiger partial charge in [0.25, 0.3) is 0 Å². The highest BCUT2D eigenvalue weighted by molar-refractivity contribution is 5.82. The zero-order valence-corrected chi connectivity index (χ0v) is 20.5. The van der Waals surface area contributed by atoms with Gasteiger partial charge in [-0.1, -0.05) is 33.6 Å². The van der Waals surface area contributed by atoms with E-state index in [0.717, 1.165) is 48.9 Å². The van der Waals surface area contributed by atoms with E-state index in [1.165, 1.54) is 49.3 Å². The predicted octanol–water partition coefficient (Wildman–Crippen LogP) is 5.74. The van der Waals surface area contributed by atoms with Gasteiger partial charge in [0.2, 0.25) is 0 Å². The fourth-order valence-electron chi connectivity index (χ4n) is 9.24. The number of nitrogens with zero attached hydrogens (tertiary/aromatic N) is 4. The summed E-state index contributed by atoms with van der Waals surface area (Å²) in [4.78, 5) is 13.7. The number of carbonyl (C=O) groups excluding carboxylic acids is 1. The first-order valence-electron chi connectivity index (χ1n) is 13.3. The largest absolute Gasteiger partial charge is 0.297 e. The van der Waals surface area contributed by atoms with Gasteiger partial charge in [0.15, 0.2) is 11.5 Å². The van der Waals surface area contributed by atoms with Crippen LogP contribution < -0.4 is 0 Å². The van der Waals surface area contributed by atoms with E-state index in [-0.39, 0.29) is 29.4 Å². The maximum atomic E-state index is 13.7. The van der Waals surface area contributed by atoms with Crippen molar-refractivity contribution in [3.05, 3.63) is 17.5 Å². The third-order valence-corrected chi connectivity index (χ3v) is 10.6. The molecule has 0 amide bonds. The number of hydrogen-bond donors (Lipinski definition) is 0. The Bertz CT molecular complexity index is 999. The van der Waals surface area contributed by atoms with Gasteiger partial charge in [-0.2, -0.15) is 15.6 Å². The molecule has 33 heavy (non-hydrogen) atoms. The van der Waals surface area contributed by atoms with Crippen LogP contribution in [0.15, 0.2) is 6.07 Å². The Morgan fingerprint density at radius 1 is 1.12 bits per heavy atom. The third kappa shape index (κ3) is 3.63. The van der Waals surface area contributed by atoms with Gasteiger partial charge in [-0.3, -0.25) is 4.79 Å². The van der Waals surface area contributed by atoms with Crippen molar-refractivity contribution in [3.8, 4) is 12.1 Å². The topological polar surface area (TPSA) is 82.5 Å². The van der Waals surface area contributed by atoms with Crippen molar-refractivity contribution in [3.63, 3.8) is 0 Å². The van der Waals surface area contributed by atoms with Crippen molar-refractivity contribution in [1.82, 2.24) is 9.78 Å². The standard InChI is InChI=1S/C28H38N4O/c1-4-18-12-25(26(33)16-32-21(15-30)13-20(14-29)31-32)28(3)10-9-23-22-7-5-17(2)11-19(22)6-8-24(23)27(18)28/h13,17-19,22-25,27H,4-12,16H2,1-3H3/t17-,18+,19+,22-,23+,24+,25+,27-,28+/m0/s1. The number of carbonyl (C=O) groups is 1. The monoisotopic (exact) mass is 446 g/mol. The second-order valence-electron chi connectivity index (χ2n) is 12.0. The van der Waals surface area contributed by atoms with E-state index in [0.29, 0.717) is 17.5 Å². The number of fused-ring (bicyclic) bond motifs is 5. The van der Waals surface area contributed by atoms with Crippen LogP contribution in [-0.4, -0.2) is 15.6 Å². The molecular formula is C28H38N4O. The lowest BCUT2D eigenvalue weighted by molar-refractivity contribution is -0.131. The summed E-state index contributed by atoms with van der Waals surface area (Å²) in [6.45, 7) is 7.29. The molecule has 4 aliphatic carbocycles. The van der Waals surface area contributed by atoms with Crippen LogP contribution in [-0.2, 0) is 11.3 Å². The highest BCUT2D eigenvalue weighted by Crippen LogP contribution is 2.66. The van der Waals surface area contributed by atoms with Gasteiger partial charge >= 0.3 is 0 Å². The molecular weight excluding hydrogens is 408 g/mol. The van der Waals surface area contributed by atoms with Crippen molar-refractivity contribution in [2.75, 3.05) is 0 Å². The highest BCUT2D eigenvalue weighted by Gasteiger charge is 2.61. The van der Waals surface area contributed by atoms with Gasteiger partial charge in [0.1, 0.15) is 24.4 Å². The van der Waals surface area contributed by atoms with E-state index in [1.807, 2.05) is 6.07 Å². The zero-order chi connectivity index (χ0) is 23.3. The molecule has 0 saturated heterocycles. The fourth-order valence-corrected chi connectivity index (χ4v) is 9.24. The molecule has 1 heterocycles. The van der Waals surface area contributed by atoms with Gasteiger partial charge in [-0.25, -0.2) is 4.68 Å². The van der Waals surface area contributed by atoms with Crippen molar-refractivity contribution in [2.24, 2.45) is 52.8 Å². The van der Waals surface area contributed by atoms with Gasteiger partial charge < -0.3 is 0 Å². The molecule has 5 nitrogen and oxygen atoms in total. The molecule has 0 spiro atoms. The number of nitriles is 2. The van der Waals surface area contributed by atoms with Gasteiger partial charge in [-0.05, 0) is 91.8 Å². The lowest BCUT2D eigenvalue weighted by atomic mass is 9.48. The average Bonchev–Trinajstić information content (AvgIpc) is 3.35. The summed E-state index contributed by atoms with van der Waals surface area (Å²) in [6.07, 6.45) is 11.6. The van der Waals surface area contributed by atoms with Crippen LogP contribution in [0.25, 0.3) is 0 Å². The summed E-state index contributed by atoms with van der Waals surface area (Å²) in [7, 11) is 0. The minimum absolute atomic E-state index is 0.0405. The maximum Gasteiger partial charge on any atom is 0.163 e. The number of aromatic nitrogens is 2. The van der Waals surface area contributed by atoms with Gasteiger partial charge in [0.05, 0.1) is 0 Å². The smallest absolute Gasteiger partial charge is 0.163 e. The van der Waals surface area contributed by atoms with E-state index < -0.39 is 0 Å². The SMILES string of the molecule is CC[C@@H]1C[C@H](C(=O)Cn2nc(C#N)cc2C#N)[C@@]2(C)CC[C@H]3[C@@H](CC[C@@H]4C[C@@H](C)CC[C@@H]43)[C@H]12. The van der Waals surface area contributed by atoms with Crippen LogP contribution in [0.1, 0.15) is 89.9 Å². The van der Waals surface area contributed by atoms with Crippen LogP contribution in [0.5, 0.6) is 0 Å². The van der Waals surface area contributed by atoms with Crippen molar-refractivity contribution in [1.29, 1.82) is 10.5 Å². The molecule has 9 atom stereocenters. The Morgan fingerprint density at radius 2 is 1.91 bits per heavy atom. The molecule has 5 rings (SSSR count). The van der Waals surface area contributed by atoms with E-state index in [2.05, 4.69) is 31.9 Å². The second kappa shape index (κ2) is 8.57. The highest BCUT2D eigenvalue weighted by atomic mass is 16.1. The first-order valence-corrected chi connectivity index (χ1v) is 13.3. The Morgan fingerprint density at radius 3 is 2.64 bits per heavy atom. The normalized spacial score (nSPS) is 41.8. The molecule has 0 bridgehead atoms. The van der Waals surface area contributed by atoms with Crippen LogP contribution in [0.2, 0.25) is 0 Å². The maximum absolute atomic E-state index is 13.7. The summed E-state index contributed by atoms with van der Waals surface area (Å²) in [5.41, 5.74) is 0.576. The Balaban J connectivity index is 1.39. The molecule has 0 N–H and O–H groups in total. The van der Waals surface area contributed by atoms with E-state index in [9.17, 15) is 10.1 Å². The molecule has 0 radical (unpaired) electrons. The molecule has 0 unspecified atom stereocenters. The minimum atomic E-state index is 0.0405. The molecule has 0 aromatic carbocycles. The van der Waals surface area contributed by atoms with Crippen molar-refractivity contribution < 1.29 is 4.79 Å². The molecule has 1 aromatic heterocycles. The minimum Gasteiger partial charge on any atom is -0.297 e. The molecule has 4 fully saturated rings. The lowest BCUT2D eigenvalue weighted by Gasteiger charge is -2.57. The Labute approximate surface area is 198 Å². The Kier molecular flexibility index (Phi) is 5.88. The number of rotatable bonds is 4. The van der Waals surface area contributed by atoms with Crippen LogP contribution in [0, 0.1) is 75.4 Å². The average molecular weight is 447 g/mol. The summed E-state index contributed by atoms with van der Waals surface area (Å²) < 4.78 is 1.46. The summed E-state index contributed by atoms with van der Waals surface area (Å²) in [6, 6.07) is 5.57. The number of hydrogen-bond acceptors (Lipinski definition) is 4. The van der Waals surface area contributed by atoms with E-state index in [4.69, 9.17) is 5.26 Å². The zero-order valence-electron chi connectivity index (χ0n) is 20.5. The van der Waals surface area contributed by atoms with Crippen molar-refractivity contribution >= 4 is 5.78 Å². The Hall–Kier alpha value is -2.14. The number of Topliss-reactive ketones (excluding diaryl/α,β-unsaturated/α-hetero) is 1. The first-order chi connectivity index (χ1) is 15.9. The van der Waals surface area contributed by atoms with E-state index >= 15 is 0 Å². The number of ketones is 1. The first kappa shape index (κ1) is 22.6. The molecule has 4 saturated carbocycles. The van der Waals surface area contributed by atoms with Gasteiger partial charge in [-0.15, -0.1) is 0 Å². The van der Waals surface area contributed by atoms with Crippen LogP contribution in [0.3, 0.4) is 0 Å².